The molecular weight excluding hydrogens is 319 g/mol. The highest BCUT2D eigenvalue weighted by molar-refractivity contribution is 14.1. The zero-order chi connectivity index (χ0) is 12.0. The molecule has 0 aromatic heterocycles. The van der Waals surface area contributed by atoms with Gasteiger partial charge in [-0.15, -0.1) is 0 Å². The number of hydrogen-bond acceptors (Lipinski definition) is 3. The van der Waals surface area contributed by atoms with Gasteiger partial charge in [-0.05, 0) is 35.0 Å². The van der Waals surface area contributed by atoms with Gasteiger partial charge in [0.1, 0.15) is 5.75 Å². The molecule has 0 spiro atoms. The molecule has 0 amide bonds. The van der Waals surface area contributed by atoms with E-state index in [0.717, 1.165) is 11.1 Å². The summed E-state index contributed by atoms with van der Waals surface area (Å²) in [4.78, 5) is 11.2. The van der Waals surface area contributed by atoms with E-state index in [4.69, 9.17) is 9.47 Å². The first-order valence-electron chi connectivity index (χ1n) is 4.64. The molecule has 0 heterocycles. The molecule has 0 unspecified atom stereocenters. The van der Waals surface area contributed by atoms with Crippen molar-refractivity contribution >= 4 is 28.7 Å². The summed E-state index contributed by atoms with van der Waals surface area (Å²) in [6, 6.07) is 5.64. The molecular formula is C12H11IO3. The monoisotopic (exact) mass is 330 g/mol. The zero-order valence-corrected chi connectivity index (χ0v) is 11.2. The highest BCUT2D eigenvalue weighted by atomic mass is 127. The average Bonchev–Trinajstić information content (AvgIpc) is 2.24. The van der Waals surface area contributed by atoms with Gasteiger partial charge in [-0.25, -0.2) is 4.79 Å². The van der Waals surface area contributed by atoms with E-state index in [1.165, 1.54) is 0 Å². The van der Waals surface area contributed by atoms with Crippen LogP contribution in [0.3, 0.4) is 0 Å². The van der Waals surface area contributed by atoms with Crippen molar-refractivity contribution in [2.24, 2.45) is 0 Å². The zero-order valence-electron chi connectivity index (χ0n) is 9.04. The summed E-state index contributed by atoms with van der Waals surface area (Å²) < 4.78 is 12.4. The van der Waals surface area contributed by atoms with Gasteiger partial charge in [-0.1, -0.05) is 18.1 Å². The van der Waals surface area contributed by atoms with Crippen molar-refractivity contribution < 1.29 is 14.3 Å². The van der Waals surface area contributed by atoms with E-state index in [9.17, 15) is 4.79 Å². The van der Waals surface area contributed by atoms with Gasteiger partial charge >= 0.3 is 6.16 Å². The van der Waals surface area contributed by atoms with Crippen LogP contribution < -0.4 is 4.74 Å². The van der Waals surface area contributed by atoms with Crippen molar-refractivity contribution in [3.05, 3.63) is 29.3 Å². The van der Waals surface area contributed by atoms with Crippen molar-refractivity contribution in [2.45, 2.75) is 13.8 Å². The lowest BCUT2D eigenvalue weighted by molar-refractivity contribution is 0.111. The normalized spacial score (nSPS) is 8.94. The molecule has 16 heavy (non-hydrogen) atoms. The van der Waals surface area contributed by atoms with Gasteiger partial charge < -0.3 is 9.47 Å². The van der Waals surface area contributed by atoms with Crippen molar-refractivity contribution in [3.8, 4) is 15.6 Å². The molecule has 0 radical (unpaired) electrons. The molecule has 0 aliphatic rings. The number of carbonyl (C=O) groups excluding carboxylic acids is 1. The first-order chi connectivity index (χ1) is 7.63. The van der Waals surface area contributed by atoms with Crippen LogP contribution in [0.5, 0.6) is 5.75 Å². The number of hydrogen-bond donors (Lipinski definition) is 0. The summed E-state index contributed by atoms with van der Waals surface area (Å²) in [7, 11) is 0. The van der Waals surface area contributed by atoms with Gasteiger partial charge in [0.25, 0.3) is 0 Å². The Morgan fingerprint density at radius 1 is 1.44 bits per heavy atom. The molecule has 0 saturated heterocycles. The topological polar surface area (TPSA) is 35.5 Å². The molecule has 1 aromatic carbocycles. The number of ether oxygens (including phenoxy) is 2. The standard InChI is InChI=1S/C12H11IO3/c1-9-4-5-10(2)11(8-9)16-12(14)15-7-3-6-13/h4-5,8H,7H2,1-2H3. The Morgan fingerprint density at radius 3 is 2.88 bits per heavy atom. The van der Waals surface area contributed by atoms with Gasteiger partial charge in [0, 0.05) is 22.6 Å². The second-order valence-corrected chi connectivity index (χ2v) is 3.72. The third kappa shape index (κ3) is 4.11. The minimum Gasteiger partial charge on any atom is -0.421 e. The molecule has 0 atom stereocenters. The molecule has 0 saturated carbocycles. The van der Waals surface area contributed by atoms with Crippen LogP contribution in [0.15, 0.2) is 18.2 Å². The fraction of sp³-hybridized carbons (Fsp3) is 0.250. The largest absolute Gasteiger partial charge is 0.514 e. The lowest BCUT2D eigenvalue weighted by atomic mass is 10.1. The van der Waals surface area contributed by atoms with E-state index < -0.39 is 6.16 Å². The molecule has 3 nitrogen and oxygen atoms in total. The van der Waals surface area contributed by atoms with Gasteiger partial charge in [-0.2, -0.15) is 0 Å². The summed E-state index contributed by atoms with van der Waals surface area (Å²) in [5, 5.41) is 0. The second-order valence-electron chi connectivity index (χ2n) is 3.18. The molecule has 0 N–H and O–H groups in total. The second kappa shape index (κ2) is 6.38. The Hall–Kier alpha value is -1.22. The van der Waals surface area contributed by atoms with E-state index in [2.05, 4.69) is 9.85 Å². The van der Waals surface area contributed by atoms with Crippen LogP contribution in [-0.2, 0) is 4.74 Å². The highest BCUT2D eigenvalue weighted by Crippen LogP contribution is 2.19. The molecule has 0 bridgehead atoms. The molecule has 4 heteroatoms. The number of halogens is 1. The lowest BCUT2D eigenvalue weighted by Gasteiger charge is -2.07. The summed E-state index contributed by atoms with van der Waals surface area (Å²) in [6.45, 7) is 3.85. The Labute approximate surface area is 108 Å². The Morgan fingerprint density at radius 2 is 2.19 bits per heavy atom. The number of aryl methyl sites for hydroxylation is 2. The van der Waals surface area contributed by atoms with Crippen LogP contribution in [0.25, 0.3) is 0 Å². The van der Waals surface area contributed by atoms with Crippen molar-refractivity contribution in [2.75, 3.05) is 6.61 Å². The van der Waals surface area contributed by atoms with E-state index in [1.54, 1.807) is 6.07 Å². The number of carbonyl (C=O) groups is 1. The minimum absolute atomic E-state index is 0.0483. The molecule has 0 aliphatic heterocycles. The predicted octanol–water partition coefficient (Wildman–Crippen LogP) is 3.21. The van der Waals surface area contributed by atoms with E-state index in [1.807, 2.05) is 48.6 Å². The van der Waals surface area contributed by atoms with Gasteiger partial charge in [-0.3, -0.25) is 0 Å². The van der Waals surface area contributed by atoms with E-state index in [-0.39, 0.29) is 6.61 Å². The summed E-state index contributed by atoms with van der Waals surface area (Å²) in [5.41, 5.74) is 1.92. The summed E-state index contributed by atoms with van der Waals surface area (Å²) >= 11 is 1.87. The number of rotatable bonds is 2. The van der Waals surface area contributed by atoms with Crippen molar-refractivity contribution in [1.82, 2.24) is 0 Å². The van der Waals surface area contributed by atoms with Crippen LogP contribution >= 0.6 is 22.6 Å². The Balaban J connectivity index is 2.61. The van der Waals surface area contributed by atoms with Crippen LogP contribution in [-0.4, -0.2) is 12.8 Å². The average molecular weight is 330 g/mol. The smallest absolute Gasteiger partial charge is 0.421 e. The van der Waals surface area contributed by atoms with Gasteiger partial charge in [0.05, 0.1) is 0 Å². The maximum Gasteiger partial charge on any atom is 0.514 e. The van der Waals surface area contributed by atoms with E-state index in [0.29, 0.717) is 5.75 Å². The Bertz CT molecular complexity index is 443. The Kier molecular flexibility index (Phi) is 5.12. The maximum absolute atomic E-state index is 11.2. The van der Waals surface area contributed by atoms with Crippen molar-refractivity contribution in [3.63, 3.8) is 0 Å². The fourth-order valence-electron chi connectivity index (χ4n) is 1.06. The fourth-order valence-corrected chi connectivity index (χ4v) is 1.21. The first kappa shape index (κ1) is 12.8. The third-order valence-corrected chi connectivity index (χ3v) is 2.25. The maximum atomic E-state index is 11.2. The van der Waals surface area contributed by atoms with Gasteiger partial charge in [0.2, 0.25) is 0 Å². The van der Waals surface area contributed by atoms with Crippen LogP contribution in [0.2, 0.25) is 0 Å². The third-order valence-electron chi connectivity index (χ3n) is 1.87. The molecule has 1 aromatic rings. The van der Waals surface area contributed by atoms with Crippen LogP contribution in [0, 0.1) is 23.7 Å². The SMILES string of the molecule is Cc1ccc(C)c(OC(=O)OCC#CI)c1. The highest BCUT2D eigenvalue weighted by Gasteiger charge is 2.07. The minimum atomic E-state index is -0.729. The van der Waals surface area contributed by atoms with Crippen LogP contribution in [0.1, 0.15) is 11.1 Å². The molecule has 0 aliphatic carbocycles. The lowest BCUT2D eigenvalue weighted by Crippen LogP contribution is -2.11. The number of benzene rings is 1. The van der Waals surface area contributed by atoms with Crippen LogP contribution in [0.4, 0.5) is 4.79 Å². The predicted molar refractivity (Wildman–Crippen MR) is 69.7 cm³/mol. The molecule has 0 fully saturated rings. The quantitative estimate of drug-likeness (QED) is 0.362. The van der Waals surface area contributed by atoms with E-state index >= 15 is 0 Å². The summed E-state index contributed by atoms with van der Waals surface area (Å²) in [6.07, 6.45) is -0.729. The summed E-state index contributed by atoms with van der Waals surface area (Å²) in [5.74, 6) is 3.13. The van der Waals surface area contributed by atoms with Crippen molar-refractivity contribution in [1.29, 1.82) is 0 Å². The molecule has 1 rings (SSSR count). The van der Waals surface area contributed by atoms with Gasteiger partial charge in [0.15, 0.2) is 6.61 Å². The first-order valence-corrected chi connectivity index (χ1v) is 5.71. The molecule has 84 valence electrons.